The molecule has 0 bridgehead atoms. The lowest BCUT2D eigenvalue weighted by molar-refractivity contribution is -0.141. The van der Waals surface area contributed by atoms with Crippen LogP contribution < -0.4 is 0 Å². The van der Waals surface area contributed by atoms with Crippen LogP contribution >= 0.6 is 0 Å². The number of hydrogen-bond donors (Lipinski definition) is 1. The maximum atomic E-state index is 12.0. The van der Waals surface area contributed by atoms with Crippen molar-refractivity contribution < 1.29 is 14.7 Å². The molecule has 17 heavy (non-hydrogen) atoms. The smallest absolute Gasteiger partial charge is 0.326 e. The van der Waals surface area contributed by atoms with E-state index in [0.29, 0.717) is 6.54 Å². The van der Waals surface area contributed by atoms with E-state index in [1.165, 1.54) is 23.8 Å². The summed E-state index contributed by atoms with van der Waals surface area (Å²) in [6.07, 6.45) is 0.235. The number of hydrogen-bond acceptors (Lipinski definition) is 3. The zero-order chi connectivity index (χ0) is 13.6. The van der Waals surface area contributed by atoms with Gasteiger partial charge < -0.3 is 14.9 Å². The van der Waals surface area contributed by atoms with Gasteiger partial charge in [0.1, 0.15) is 6.04 Å². The lowest BCUT2D eigenvalue weighted by Gasteiger charge is -2.32. The fourth-order valence-corrected chi connectivity index (χ4v) is 1.28. The second-order valence-corrected chi connectivity index (χ2v) is 4.10. The van der Waals surface area contributed by atoms with Gasteiger partial charge in [0, 0.05) is 19.6 Å². The second-order valence-electron chi connectivity index (χ2n) is 4.10. The highest BCUT2D eigenvalue weighted by Crippen LogP contribution is 2.07. The van der Waals surface area contributed by atoms with E-state index >= 15 is 0 Å². The molecule has 0 aromatic rings. The van der Waals surface area contributed by atoms with Crippen molar-refractivity contribution in [2.75, 3.05) is 13.6 Å². The first kappa shape index (κ1) is 15.2. The number of carbonyl (C=O) groups excluding carboxylic acids is 1. The Hall–Kier alpha value is -1.77. The van der Waals surface area contributed by atoms with Crippen molar-refractivity contribution in [1.82, 2.24) is 9.80 Å². The molecule has 0 aliphatic carbocycles. The summed E-state index contributed by atoms with van der Waals surface area (Å²) in [4.78, 5) is 25.5. The van der Waals surface area contributed by atoms with Crippen LogP contribution in [0, 0.1) is 11.3 Å². The van der Waals surface area contributed by atoms with Gasteiger partial charge in [0.25, 0.3) is 0 Å². The topological polar surface area (TPSA) is 84.6 Å². The summed E-state index contributed by atoms with van der Waals surface area (Å²) >= 11 is 0. The van der Waals surface area contributed by atoms with Gasteiger partial charge in [-0.3, -0.25) is 0 Å². The molecule has 1 N–H and O–H groups in total. The van der Waals surface area contributed by atoms with Crippen LogP contribution in [0.4, 0.5) is 4.79 Å². The highest BCUT2D eigenvalue weighted by molar-refractivity contribution is 5.82. The maximum absolute atomic E-state index is 12.0. The highest BCUT2D eigenvalue weighted by atomic mass is 16.4. The average molecular weight is 241 g/mol. The SMILES string of the molecule is CC(C(=O)O)N(C)C(=O)N(CCC#N)C(C)C. The van der Waals surface area contributed by atoms with Gasteiger partial charge in [0.2, 0.25) is 0 Å². The third-order valence-corrected chi connectivity index (χ3v) is 2.57. The molecule has 6 heteroatoms. The zero-order valence-corrected chi connectivity index (χ0v) is 10.7. The molecular formula is C11H19N3O3. The molecule has 0 saturated heterocycles. The predicted octanol–water partition coefficient (Wildman–Crippen LogP) is 1.14. The van der Waals surface area contributed by atoms with E-state index in [4.69, 9.17) is 10.4 Å². The van der Waals surface area contributed by atoms with Crippen LogP contribution in [0.3, 0.4) is 0 Å². The summed E-state index contributed by atoms with van der Waals surface area (Å²) in [5.41, 5.74) is 0. The molecule has 6 nitrogen and oxygen atoms in total. The first-order valence-electron chi connectivity index (χ1n) is 5.46. The Morgan fingerprint density at radius 2 is 1.88 bits per heavy atom. The van der Waals surface area contributed by atoms with Gasteiger partial charge in [-0.2, -0.15) is 5.26 Å². The van der Waals surface area contributed by atoms with Crippen LogP contribution in [0.5, 0.6) is 0 Å². The monoisotopic (exact) mass is 241 g/mol. The minimum atomic E-state index is -1.05. The summed E-state index contributed by atoms with van der Waals surface area (Å²) in [5, 5.41) is 17.4. The molecule has 0 saturated carbocycles. The van der Waals surface area contributed by atoms with Crippen molar-refractivity contribution in [2.45, 2.75) is 39.3 Å². The Labute approximate surface area is 101 Å². The number of likely N-dealkylation sites (N-methyl/N-ethyl adjacent to an activating group) is 1. The number of carboxylic acids is 1. The Bertz CT molecular complexity index is 322. The number of aliphatic carboxylic acids is 1. The number of carboxylic acid groups (broad SMARTS) is 1. The molecule has 1 atom stereocenters. The predicted molar refractivity (Wildman–Crippen MR) is 62.3 cm³/mol. The van der Waals surface area contributed by atoms with Crippen LogP contribution in [0.15, 0.2) is 0 Å². The number of urea groups is 1. The summed E-state index contributed by atoms with van der Waals surface area (Å²) < 4.78 is 0. The van der Waals surface area contributed by atoms with E-state index in [9.17, 15) is 9.59 Å². The molecule has 0 aliphatic rings. The minimum Gasteiger partial charge on any atom is -0.480 e. The Balaban J connectivity index is 4.72. The van der Waals surface area contributed by atoms with Crippen LogP contribution in [0.25, 0.3) is 0 Å². The minimum absolute atomic E-state index is 0.0701. The van der Waals surface area contributed by atoms with Gasteiger partial charge in [-0.15, -0.1) is 0 Å². The molecule has 0 fully saturated rings. The van der Waals surface area contributed by atoms with E-state index in [0.717, 1.165) is 0 Å². The summed E-state index contributed by atoms with van der Waals surface area (Å²) in [6.45, 7) is 5.41. The van der Waals surface area contributed by atoms with E-state index in [-0.39, 0.29) is 18.5 Å². The third kappa shape index (κ3) is 4.31. The molecule has 2 amide bonds. The van der Waals surface area contributed by atoms with Gasteiger partial charge in [0.15, 0.2) is 0 Å². The molecule has 1 unspecified atom stereocenters. The van der Waals surface area contributed by atoms with Gasteiger partial charge in [-0.05, 0) is 20.8 Å². The molecule has 0 aromatic carbocycles. The lowest BCUT2D eigenvalue weighted by atomic mass is 10.2. The third-order valence-electron chi connectivity index (χ3n) is 2.57. The molecule has 0 spiro atoms. The highest BCUT2D eigenvalue weighted by Gasteiger charge is 2.27. The number of amides is 2. The van der Waals surface area contributed by atoms with Crippen molar-refractivity contribution in [1.29, 1.82) is 5.26 Å². The molecule has 96 valence electrons. The van der Waals surface area contributed by atoms with Crippen LogP contribution in [-0.4, -0.2) is 52.6 Å². The van der Waals surface area contributed by atoms with E-state index in [1.54, 1.807) is 0 Å². The maximum Gasteiger partial charge on any atom is 0.326 e. The normalized spacial score (nSPS) is 11.8. The van der Waals surface area contributed by atoms with Gasteiger partial charge in [0.05, 0.1) is 12.5 Å². The van der Waals surface area contributed by atoms with Crippen LogP contribution in [0.1, 0.15) is 27.2 Å². The molecule has 0 rings (SSSR count). The van der Waals surface area contributed by atoms with Gasteiger partial charge >= 0.3 is 12.0 Å². The van der Waals surface area contributed by atoms with Crippen molar-refractivity contribution in [3.63, 3.8) is 0 Å². The van der Waals surface area contributed by atoms with Crippen molar-refractivity contribution in [3.8, 4) is 6.07 Å². The molecule has 0 aromatic heterocycles. The van der Waals surface area contributed by atoms with Crippen LogP contribution in [-0.2, 0) is 4.79 Å². The van der Waals surface area contributed by atoms with E-state index < -0.39 is 12.0 Å². The lowest BCUT2D eigenvalue weighted by Crippen LogP contribution is -2.50. The average Bonchev–Trinajstić information content (AvgIpc) is 2.26. The molecular weight excluding hydrogens is 222 g/mol. The quantitative estimate of drug-likeness (QED) is 0.782. The van der Waals surface area contributed by atoms with Gasteiger partial charge in [-0.1, -0.05) is 0 Å². The zero-order valence-electron chi connectivity index (χ0n) is 10.7. The van der Waals surface area contributed by atoms with Crippen LogP contribution in [0.2, 0.25) is 0 Å². The van der Waals surface area contributed by atoms with Crippen molar-refractivity contribution in [3.05, 3.63) is 0 Å². The summed E-state index contributed by atoms with van der Waals surface area (Å²) in [6, 6.07) is 0.646. The Morgan fingerprint density at radius 1 is 1.35 bits per heavy atom. The molecule has 0 radical (unpaired) electrons. The van der Waals surface area contributed by atoms with Crippen molar-refractivity contribution >= 4 is 12.0 Å². The fourth-order valence-electron chi connectivity index (χ4n) is 1.28. The molecule has 0 heterocycles. The second kappa shape index (κ2) is 6.74. The van der Waals surface area contributed by atoms with E-state index in [2.05, 4.69) is 0 Å². The largest absolute Gasteiger partial charge is 0.480 e. The fraction of sp³-hybridized carbons (Fsp3) is 0.727. The summed E-state index contributed by atoms with van der Waals surface area (Å²) in [5.74, 6) is -1.05. The Morgan fingerprint density at radius 3 is 2.24 bits per heavy atom. The van der Waals surface area contributed by atoms with Crippen molar-refractivity contribution in [2.24, 2.45) is 0 Å². The first-order valence-corrected chi connectivity index (χ1v) is 5.46. The summed E-state index contributed by atoms with van der Waals surface area (Å²) in [7, 11) is 1.45. The molecule has 0 aliphatic heterocycles. The number of nitriles is 1. The number of carbonyl (C=O) groups is 2. The Kier molecular flexibility index (Phi) is 6.03. The number of rotatable bonds is 5. The van der Waals surface area contributed by atoms with E-state index in [1.807, 2.05) is 19.9 Å². The standard InChI is InChI=1S/C11H19N3O3/c1-8(2)14(7-5-6-12)11(17)13(4)9(3)10(15)16/h8-9H,5,7H2,1-4H3,(H,15,16). The first-order chi connectivity index (χ1) is 7.82. The number of nitrogens with zero attached hydrogens (tertiary/aromatic N) is 3. The van der Waals surface area contributed by atoms with Gasteiger partial charge in [-0.25, -0.2) is 9.59 Å².